The Kier molecular flexibility index (Phi) is 5.26. The van der Waals surface area contributed by atoms with Gasteiger partial charge in [-0.2, -0.15) is 0 Å². The van der Waals surface area contributed by atoms with E-state index in [0.29, 0.717) is 41.2 Å². The second-order valence-electron chi connectivity index (χ2n) is 9.34. The highest BCUT2D eigenvalue weighted by Crippen LogP contribution is 2.45. The number of rotatable bonds is 5. The van der Waals surface area contributed by atoms with Crippen molar-refractivity contribution < 1.29 is 23.1 Å². The summed E-state index contributed by atoms with van der Waals surface area (Å²) in [6.07, 6.45) is 3.12. The van der Waals surface area contributed by atoms with Gasteiger partial charge in [-0.3, -0.25) is 0 Å². The number of nitrogens with zero attached hydrogens (tertiary/aromatic N) is 3. The maximum absolute atomic E-state index is 13.6. The molecule has 1 atom stereocenters. The van der Waals surface area contributed by atoms with Crippen molar-refractivity contribution >= 4 is 27.1 Å². The van der Waals surface area contributed by atoms with Crippen LogP contribution in [0.2, 0.25) is 0 Å². The fourth-order valence-corrected chi connectivity index (χ4v) is 6.58. The molecular formula is C27H25N3O5S. The highest BCUT2D eigenvalue weighted by Gasteiger charge is 2.34. The summed E-state index contributed by atoms with van der Waals surface area (Å²) in [5, 5.41) is 10.1. The fraction of sp³-hybridized carbons (Fsp3) is 0.259. The summed E-state index contributed by atoms with van der Waals surface area (Å²) < 4.78 is 34.9. The molecule has 36 heavy (non-hydrogen) atoms. The van der Waals surface area contributed by atoms with Gasteiger partial charge in [-0.25, -0.2) is 22.2 Å². The van der Waals surface area contributed by atoms with Crippen LogP contribution in [0.3, 0.4) is 0 Å². The molecule has 1 saturated carbocycles. The lowest BCUT2D eigenvalue weighted by Gasteiger charge is -2.33. The third-order valence-electron chi connectivity index (χ3n) is 7.06. The predicted octanol–water partition coefficient (Wildman–Crippen LogP) is 5.54. The van der Waals surface area contributed by atoms with Gasteiger partial charge in [-0.1, -0.05) is 24.3 Å². The first-order valence-electron chi connectivity index (χ1n) is 12.0. The van der Waals surface area contributed by atoms with Gasteiger partial charge >= 0.3 is 6.09 Å². The zero-order valence-electron chi connectivity index (χ0n) is 19.7. The third-order valence-corrected chi connectivity index (χ3v) is 8.79. The Balaban J connectivity index is 1.43. The summed E-state index contributed by atoms with van der Waals surface area (Å²) in [4.78, 5) is 17.7. The van der Waals surface area contributed by atoms with Crippen molar-refractivity contribution in [3.63, 3.8) is 0 Å². The molecular weight excluding hydrogens is 478 g/mol. The van der Waals surface area contributed by atoms with Crippen LogP contribution in [-0.2, 0) is 16.4 Å². The van der Waals surface area contributed by atoms with Gasteiger partial charge in [0.25, 0.3) is 10.0 Å². The molecule has 0 spiro atoms. The van der Waals surface area contributed by atoms with Gasteiger partial charge in [0.15, 0.2) is 5.65 Å². The quantitative estimate of drug-likeness (QED) is 0.384. The number of carboxylic acid groups (broad SMARTS) is 1. The maximum Gasteiger partial charge on any atom is 0.407 e. The zero-order valence-corrected chi connectivity index (χ0v) is 20.5. The Morgan fingerprint density at radius 2 is 1.86 bits per heavy atom. The zero-order chi connectivity index (χ0) is 25.0. The van der Waals surface area contributed by atoms with E-state index in [4.69, 9.17) is 4.74 Å². The van der Waals surface area contributed by atoms with Crippen LogP contribution in [0.4, 0.5) is 4.79 Å². The first-order valence-corrected chi connectivity index (χ1v) is 13.4. The van der Waals surface area contributed by atoms with E-state index in [9.17, 15) is 18.3 Å². The molecule has 0 saturated heterocycles. The highest BCUT2D eigenvalue weighted by atomic mass is 32.2. The van der Waals surface area contributed by atoms with Crippen molar-refractivity contribution in [3.8, 4) is 11.5 Å². The molecule has 4 aromatic rings. The topological polar surface area (TPSA) is 102 Å². The molecule has 9 heteroatoms. The SMILES string of the molecule is C[C@H]1c2cc(Oc3ccnc4c3cc(C3CC3)n4S(=O)(=O)c3ccccc3)ccc2CCN1C(=O)O. The Morgan fingerprint density at radius 1 is 1.08 bits per heavy atom. The maximum atomic E-state index is 13.6. The Hall–Kier alpha value is -3.85. The monoisotopic (exact) mass is 503 g/mol. The number of hydrogen-bond donors (Lipinski definition) is 1. The molecule has 8 nitrogen and oxygen atoms in total. The Labute approximate surface area is 208 Å². The van der Waals surface area contributed by atoms with Crippen molar-refractivity contribution in [2.45, 2.75) is 43.0 Å². The minimum Gasteiger partial charge on any atom is -0.465 e. The highest BCUT2D eigenvalue weighted by molar-refractivity contribution is 7.90. The van der Waals surface area contributed by atoms with Gasteiger partial charge in [0, 0.05) is 24.4 Å². The van der Waals surface area contributed by atoms with Crippen LogP contribution >= 0.6 is 0 Å². The lowest BCUT2D eigenvalue weighted by atomic mass is 9.93. The molecule has 3 heterocycles. The number of ether oxygens (including phenoxy) is 1. The number of benzene rings is 2. The minimum absolute atomic E-state index is 0.164. The molecule has 1 amide bonds. The summed E-state index contributed by atoms with van der Waals surface area (Å²) >= 11 is 0. The van der Waals surface area contributed by atoms with Crippen molar-refractivity contribution in [1.29, 1.82) is 0 Å². The van der Waals surface area contributed by atoms with E-state index in [2.05, 4.69) is 4.98 Å². The van der Waals surface area contributed by atoms with Gasteiger partial charge < -0.3 is 14.7 Å². The number of aromatic nitrogens is 2. The lowest BCUT2D eigenvalue weighted by Crippen LogP contribution is -2.37. The molecule has 0 bridgehead atoms. The summed E-state index contributed by atoms with van der Waals surface area (Å²) in [5.41, 5.74) is 3.06. The first kappa shape index (κ1) is 22.6. The number of hydrogen-bond acceptors (Lipinski definition) is 5. The van der Waals surface area contributed by atoms with E-state index in [-0.39, 0.29) is 16.9 Å². The Bertz CT molecular complexity index is 1590. The summed E-state index contributed by atoms with van der Waals surface area (Å²) in [6, 6.07) is 17.4. The second-order valence-corrected chi connectivity index (χ2v) is 11.1. The third kappa shape index (κ3) is 3.71. The number of carbonyl (C=O) groups is 1. The predicted molar refractivity (Wildman–Crippen MR) is 134 cm³/mol. The summed E-state index contributed by atoms with van der Waals surface area (Å²) in [5.74, 6) is 1.23. The molecule has 1 aliphatic carbocycles. The van der Waals surface area contributed by atoms with E-state index < -0.39 is 16.1 Å². The first-order chi connectivity index (χ1) is 17.3. The van der Waals surface area contributed by atoms with Gasteiger partial charge in [-0.05, 0) is 73.7 Å². The average Bonchev–Trinajstić information content (AvgIpc) is 3.64. The van der Waals surface area contributed by atoms with Crippen LogP contribution in [0, 0.1) is 0 Å². The standard InChI is InChI=1S/C27H25N3O5S/c1-17-22-15-20(10-9-18(22)12-14-29(17)27(31)32)35-25-11-13-28-26-23(25)16-24(19-7-8-19)30(26)36(33,34)21-5-3-2-4-6-21/h2-6,9-11,13,15-17,19H,7-8,12,14H2,1H3,(H,31,32)/t17-/m0/s1. The smallest absolute Gasteiger partial charge is 0.407 e. The van der Waals surface area contributed by atoms with Gasteiger partial charge in [0.05, 0.1) is 16.3 Å². The molecule has 1 aliphatic heterocycles. The van der Waals surface area contributed by atoms with E-state index in [1.165, 1.54) is 8.87 Å². The molecule has 1 fully saturated rings. The van der Waals surface area contributed by atoms with E-state index in [1.54, 1.807) is 42.6 Å². The van der Waals surface area contributed by atoms with Crippen molar-refractivity contribution in [2.75, 3.05) is 6.54 Å². The second kappa shape index (κ2) is 8.37. The van der Waals surface area contributed by atoms with Crippen LogP contribution in [0.25, 0.3) is 11.0 Å². The van der Waals surface area contributed by atoms with Crippen LogP contribution in [0.5, 0.6) is 11.5 Å². The average molecular weight is 504 g/mol. The van der Waals surface area contributed by atoms with Gasteiger partial charge in [0.2, 0.25) is 0 Å². The largest absolute Gasteiger partial charge is 0.465 e. The number of pyridine rings is 1. The minimum atomic E-state index is -3.84. The van der Waals surface area contributed by atoms with Crippen molar-refractivity contribution in [2.24, 2.45) is 0 Å². The fourth-order valence-electron chi connectivity index (χ4n) is 5.02. The van der Waals surface area contributed by atoms with Gasteiger partial charge in [-0.15, -0.1) is 0 Å². The molecule has 184 valence electrons. The van der Waals surface area contributed by atoms with Crippen LogP contribution in [-0.4, -0.2) is 40.0 Å². The molecule has 6 rings (SSSR count). The molecule has 1 N–H and O–H groups in total. The number of fused-ring (bicyclic) bond motifs is 2. The van der Waals surface area contributed by atoms with E-state index in [1.807, 2.05) is 31.2 Å². The Morgan fingerprint density at radius 3 is 2.58 bits per heavy atom. The molecule has 2 aliphatic rings. The van der Waals surface area contributed by atoms with Crippen LogP contribution in [0.15, 0.2) is 71.8 Å². The summed E-state index contributed by atoms with van der Waals surface area (Å²) in [7, 11) is -3.84. The number of amides is 1. The molecule has 0 unspecified atom stereocenters. The lowest BCUT2D eigenvalue weighted by molar-refractivity contribution is 0.124. The molecule has 2 aromatic heterocycles. The summed E-state index contributed by atoms with van der Waals surface area (Å²) in [6.45, 7) is 2.33. The van der Waals surface area contributed by atoms with Crippen LogP contribution < -0.4 is 4.74 Å². The molecule has 2 aromatic carbocycles. The van der Waals surface area contributed by atoms with Crippen molar-refractivity contribution in [3.05, 3.63) is 83.7 Å². The normalized spacial score (nSPS) is 17.7. The van der Waals surface area contributed by atoms with E-state index >= 15 is 0 Å². The van der Waals surface area contributed by atoms with E-state index in [0.717, 1.165) is 24.0 Å². The van der Waals surface area contributed by atoms with Crippen LogP contribution in [0.1, 0.15) is 48.5 Å². The van der Waals surface area contributed by atoms with Gasteiger partial charge in [0.1, 0.15) is 11.5 Å². The molecule has 0 radical (unpaired) electrons. The van der Waals surface area contributed by atoms with Crippen molar-refractivity contribution in [1.82, 2.24) is 13.9 Å².